The summed E-state index contributed by atoms with van der Waals surface area (Å²) in [7, 11) is 0. The highest BCUT2D eigenvalue weighted by atomic mass is 16.8. The van der Waals surface area contributed by atoms with Crippen molar-refractivity contribution in [3.05, 3.63) is 18.3 Å². The number of hydrogen-bond donors (Lipinski definition) is 0. The normalized spacial score (nSPS) is 14.5. The Morgan fingerprint density at radius 1 is 1.36 bits per heavy atom. The second-order valence-electron chi connectivity index (χ2n) is 2.33. The Kier molecular flexibility index (Phi) is 0.711. The topological polar surface area (TPSA) is 36.0 Å². The summed E-state index contributed by atoms with van der Waals surface area (Å²) in [4.78, 5) is 0. The van der Waals surface area contributed by atoms with Crippen molar-refractivity contribution in [2.24, 2.45) is 0 Å². The van der Waals surface area contributed by atoms with Crippen molar-refractivity contribution in [2.45, 2.75) is 0 Å². The maximum absolute atomic E-state index is 5.22. The highest BCUT2D eigenvalue weighted by molar-refractivity contribution is 5.64. The van der Waals surface area contributed by atoms with Crippen LogP contribution in [-0.2, 0) is 0 Å². The molecule has 11 heavy (non-hydrogen) atoms. The van der Waals surface area contributed by atoms with Crippen LogP contribution in [0.1, 0.15) is 0 Å². The summed E-state index contributed by atoms with van der Waals surface area (Å²) >= 11 is 0. The van der Waals surface area contributed by atoms with Gasteiger partial charge in [-0.05, 0) is 12.1 Å². The first-order valence-corrected chi connectivity index (χ1v) is 3.31. The maximum atomic E-state index is 5.22. The molecule has 0 bridgehead atoms. The number of rotatable bonds is 0. The largest absolute Gasteiger partial charge is 0.447 e. The minimum atomic E-state index is 0.260. The maximum Gasteiger partial charge on any atom is 0.355 e. The molecule has 56 valence electrons. The van der Waals surface area contributed by atoms with E-state index in [0.717, 1.165) is 5.52 Å². The standard InChI is InChI=1S/C7H5NO3/c1-2-5-6-7(10-4-9-6)11-8(5)3-1/h1-3H,4H2. The summed E-state index contributed by atoms with van der Waals surface area (Å²) in [6.45, 7) is 0.260. The van der Waals surface area contributed by atoms with Gasteiger partial charge in [-0.25, -0.2) is 0 Å². The van der Waals surface area contributed by atoms with E-state index in [0.29, 0.717) is 11.7 Å². The van der Waals surface area contributed by atoms with E-state index in [1.54, 1.807) is 10.8 Å². The molecule has 4 heteroatoms. The highest BCUT2D eigenvalue weighted by Gasteiger charge is 2.22. The molecule has 0 atom stereocenters. The molecule has 4 nitrogen and oxygen atoms in total. The van der Waals surface area contributed by atoms with E-state index in [-0.39, 0.29) is 6.79 Å². The lowest BCUT2D eigenvalue weighted by Gasteiger charge is -1.89. The van der Waals surface area contributed by atoms with Crippen LogP contribution in [0.15, 0.2) is 22.9 Å². The molecule has 0 spiro atoms. The lowest BCUT2D eigenvalue weighted by molar-refractivity contribution is 0.135. The summed E-state index contributed by atoms with van der Waals surface area (Å²) in [6.07, 6.45) is 1.81. The van der Waals surface area contributed by atoms with Gasteiger partial charge in [0.05, 0.1) is 0 Å². The van der Waals surface area contributed by atoms with Crippen LogP contribution in [0.2, 0.25) is 0 Å². The van der Waals surface area contributed by atoms with Gasteiger partial charge < -0.3 is 14.0 Å². The van der Waals surface area contributed by atoms with Crippen LogP contribution in [0.3, 0.4) is 0 Å². The molecule has 3 heterocycles. The van der Waals surface area contributed by atoms with Crippen LogP contribution in [0.25, 0.3) is 5.52 Å². The van der Waals surface area contributed by atoms with E-state index in [2.05, 4.69) is 0 Å². The Labute approximate surface area is 61.9 Å². The van der Waals surface area contributed by atoms with E-state index < -0.39 is 0 Å². The van der Waals surface area contributed by atoms with E-state index in [1.807, 2.05) is 12.1 Å². The Hall–Kier alpha value is -1.58. The zero-order valence-corrected chi connectivity index (χ0v) is 5.61. The molecular weight excluding hydrogens is 146 g/mol. The second kappa shape index (κ2) is 1.53. The van der Waals surface area contributed by atoms with Gasteiger partial charge in [-0.1, -0.05) is 0 Å². The Balaban J connectivity index is 2.46. The molecule has 2 aromatic rings. The Morgan fingerprint density at radius 2 is 2.36 bits per heavy atom. The Bertz CT molecular complexity index is 401. The van der Waals surface area contributed by atoms with Crippen molar-refractivity contribution in [2.75, 3.05) is 6.79 Å². The quantitative estimate of drug-likeness (QED) is 0.568. The highest BCUT2D eigenvalue weighted by Crippen LogP contribution is 2.37. The molecule has 1 aliphatic heterocycles. The Morgan fingerprint density at radius 3 is 3.36 bits per heavy atom. The van der Waals surface area contributed by atoms with Gasteiger partial charge in [-0.2, -0.15) is 4.57 Å². The average molecular weight is 151 g/mol. The second-order valence-corrected chi connectivity index (χ2v) is 2.33. The summed E-state index contributed by atoms with van der Waals surface area (Å²) < 4.78 is 17.0. The van der Waals surface area contributed by atoms with Crippen LogP contribution in [0.4, 0.5) is 0 Å². The van der Waals surface area contributed by atoms with E-state index >= 15 is 0 Å². The summed E-state index contributed by atoms with van der Waals surface area (Å²) in [5.41, 5.74) is 0.914. The molecule has 0 amide bonds. The molecule has 0 fully saturated rings. The van der Waals surface area contributed by atoms with E-state index in [4.69, 9.17) is 14.0 Å². The number of hydrogen-bond acceptors (Lipinski definition) is 3. The molecule has 1 aliphatic rings. The van der Waals surface area contributed by atoms with Crippen molar-refractivity contribution >= 4 is 5.52 Å². The molecule has 0 saturated heterocycles. The minimum Gasteiger partial charge on any atom is -0.447 e. The van der Waals surface area contributed by atoms with Crippen LogP contribution >= 0.6 is 0 Å². The zero-order valence-electron chi connectivity index (χ0n) is 5.61. The third-order valence-electron chi connectivity index (χ3n) is 1.71. The molecule has 3 rings (SSSR count). The van der Waals surface area contributed by atoms with Crippen LogP contribution in [0, 0.1) is 0 Å². The van der Waals surface area contributed by atoms with Gasteiger partial charge in [0.25, 0.3) is 0 Å². The summed E-state index contributed by atoms with van der Waals surface area (Å²) in [5.74, 6) is 1.18. The first kappa shape index (κ1) is 5.12. The van der Waals surface area contributed by atoms with Gasteiger partial charge in [-0.15, -0.1) is 0 Å². The van der Waals surface area contributed by atoms with Crippen molar-refractivity contribution in [1.29, 1.82) is 0 Å². The molecular formula is C7H5NO3. The lowest BCUT2D eigenvalue weighted by atomic mass is 10.5. The van der Waals surface area contributed by atoms with Gasteiger partial charge in [0.1, 0.15) is 5.52 Å². The fraction of sp³-hybridized carbons (Fsp3) is 0.143. The molecule has 0 aromatic carbocycles. The lowest BCUT2D eigenvalue weighted by Crippen LogP contribution is -1.95. The third-order valence-corrected chi connectivity index (χ3v) is 1.71. The zero-order chi connectivity index (χ0) is 7.26. The predicted molar refractivity (Wildman–Crippen MR) is 35.8 cm³/mol. The van der Waals surface area contributed by atoms with Crippen molar-refractivity contribution < 1.29 is 14.0 Å². The molecule has 0 unspecified atom stereocenters. The monoisotopic (exact) mass is 151 g/mol. The fourth-order valence-corrected chi connectivity index (χ4v) is 1.22. The van der Waals surface area contributed by atoms with Gasteiger partial charge >= 0.3 is 5.95 Å². The first-order valence-electron chi connectivity index (χ1n) is 3.31. The number of ether oxygens (including phenoxy) is 2. The summed E-state index contributed by atoms with van der Waals surface area (Å²) in [5, 5.41) is 0. The van der Waals surface area contributed by atoms with Gasteiger partial charge in [-0.3, -0.25) is 0 Å². The minimum absolute atomic E-state index is 0.260. The van der Waals surface area contributed by atoms with E-state index in [9.17, 15) is 0 Å². The van der Waals surface area contributed by atoms with Crippen molar-refractivity contribution in [3.63, 3.8) is 0 Å². The number of aromatic nitrogens is 1. The summed E-state index contributed by atoms with van der Waals surface area (Å²) in [6, 6.07) is 3.80. The van der Waals surface area contributed by atoms with Gasteiger partial charge in [0, 0.05) is 6.20 Å². The molecule has 2 aromatic heterocycles. The fourth-order valence-electron chi connectivity index (χ4n) is 1.22. The molecule has 0 N–H and O–H groups in total. The van der Waals surface area contributed by atoms with Crippen LogP contribution in [0.5, 0.6) is 11.7 Å². The van der Waals surface area contributed by atoms with Gasteiger partial charge in [0.15, 0.2) is 0 Å². The third kappa shape index (κ3) is 0.497. The molecule has 0 saturated carbocycles. The molecule has 0 radical (unpaired) electrons. The van der Waals surface area contributed by atoms with Crippen molar-refractivity contribution in [3.8, 4) is 11.7 Å². The average Bonchev–Trinajstić information content (AvgIpc) is 2.52. The first-order chi connectivity index (χ1) is 5.45. The van der Waals surface area contributed by atoms with Crippen LogP contribution < -0.4 is 9.47 Å². The van der Waals surface area contributed by atoms with Crippen molar-refractivity contribution in [1.82, 2.24) is 4.57 Å². The molecule has 0 aliphatic carbocycles. The predicted octanol–water partition coefficient (Wildman–Crippen LogP) is 1.26. The van der Waals surface area contributed by atoms with Gasteiger partial charge in [0.2, 0.25) is 12.5 Å². The number of nitrogens with zero attached hydrogens (tertiary/aromatic N) is 1. The smallest absolute Gasteiger partial charge is 0.355 e. The van der Waals surface area contributed by atoms with E-state index in [1.165, 1.54) is 0 Å². The SMILES string of the molecule is c1cc2c3c(on2c1)OCO3. The van der Waals surface area contributed by atoms with Crippen LogP contribution in [-0.4, -0.2) is 11.4 Å². The number of fused-ring (bicyclic) bond motifs is 3.